The first-order valence-electron chi connectivity index (χ1n) is 6.42. The van der Waals surface area contributed by atoms with Gasteiger partial charge in [-0.15, -0.1) is 11.3 Å². The molecule has 100 valence electrons. The topological polar surface area (TPSA) is 37.3 Å². The van der Waals surface area contributed by atoms with Gasteiger partial charge in [0.15, 0.2) is 5.78 Å². The van der Waals surface area contributed by atoms with E-state index in [4.69, 9.17) is 0 Å². The predicted octanol–water partition coefficient (Wildman–Crippen LogP) is 4.26. The molecule has 0 fully saturated rings. The third kappa shape index (κ3) is 2.15. The highest BCUT2D eigenvalue weighted by Gasteiger charge is 2.10. The van der Waals surface area contributed by atoms with Gasteiger partial charge in [-0.25, -0.2) is 0 Å². The fraction of sp³-hybridized carbons (Fsp3) is 0.118. The van der Waals surface area contributed by atoms with Crippen LogP contribution in [0, 0.1) is 0 Å². The Hall–Kier alpha value is -1.97. The van der Waals surface area contributed by atoms with E-state index >= 15 is 0 Å². The minimum Gasteiger partial charge on any atom is -0.392 e. The van der Waals surface area contributed by atoms with Crippen LogP contribution in [0.2, 0.25) is 0 Å². The fourth-order valence-electron chi connectivity index (χ4n) is 2.41. The highest BCUT2D eigenvalue weighted by molar-refractivity contribution is 7.17. The zero-order valence-electron chi connectivity index (χ0n) is 11.1. The number of benzene rings is 2. The number of aliphatic hydroxyl groups excluding tert-OH is 1. The summed E-state index contributed by atoms with van der Waals surface area (Å²) in [5, 5.41) is 12.3. The quantitative estimate of drug-likeness (QED) is 0.729. The molecule has 3 rings (SSSR count). The van der Waals surface area contributed by atoms with E-state index in [0.29, 0.717) is 0 Å². The minimum absolute atomic E-state index is 0.0251. The lowest BCUT2D eigenvalue weighted by atomic mass is 9.98. The van der Waals surface area contributed by atoms with Crippen LogP contribution in [0.5, 0.6) is 0 Å². The highest BCUT2D eigenvalue weighted by Crippen LogP contribution is 2.32. The van der Waals surface area contributed by atoms with Crippen LogP contribution in [0.25, 0.3) is 21.2 Å². The lowest BCUT2D eigenvalue weighted by Crippen LogP contribution is -1.90. The number of rotatable bonds is 3. The molecule has 2 nitrogen and oxygen atoms in total. The zero-order valence-corrected chi connectivity index (χ0v) is 11.9. The molecule has 2 aromatic carbocycles. The van der Waals surface area contributed by atoms with Crippen molar-refractivity contribution in [2.75, 3.05) is 0 Å². The number of ketones is 1. The standard InChI is InChI=1S/C17H14O2S/c1-11(19)16-10-20-17-8-12(6-7-15(16)17)14-5-3-2-4-13(14)9-18/h2-8,10,18H,9H2,1H3. The molecule has 0 aliphatic heterocycles. The van der Waals surface area contributed by atoms with Crippen LogP contribution >= 0.6 is 11.3 Å². The Morgan fingerprint density at radius 3 is 2.75 bits per heavy atom. The van der Waals surface area contributed by atoms with Gasteiger partial charge in [-0.05, 0) is 29.7 Å². The van der Waals surface area contributed by atoms with Gasteiger partial charge in [-0.3, -0.25) is 4.79 Å². The maximum Gasteiger partial charge on any atom is 0.161 e. The van der Waals surface area contributed by atoms with Crippen molar-refractivity contribution in [1.29, 1.82) is 0 Å². The van der Waals surface area contributed by atoms with Crippen LogP contribution in [0.1, 0.15) is 22.8 Å². The second-order valence-electron chi connectivity index (χ2n) is 4.73. The molecule has 1 aromatic heterocycles. The number of carbonyl (C=O) groups is 1. The molecule has 0 atom stereocenters. The second-order valence-corrected chi connectivity index (χ2v) is 5.64. The monoisotopic (exact) mass is 282 g/mol. The Balaban J connectivity index is 2.16. The van der Waals surface area contributed by atoms with Crippen molar-refractivity contribution in [3.05, 3.63) is 59.0 Å². The summed E-state index contributed by atoms with van der Waals surface area (Å²) in [6, 6.07) is 13.9. The van der Waals surface area contributed by atoms with Crippen molar-refractivity contribution in [3.63, 3.8) is 0 Å². The molecule has 0 aliphatic rings. The summed E-state index contributed by atoms with van der Waals surface area (Å²) >= 11 is 1.58. The van der Waals surface area contributed by atoms with E-state index in [0.717, 1.165) is 32.3 Å². The molecule has 3 aromatic rings. The first-order valence-corrected chi connectivity index (χ1v) is 7.30. The molecule has 0 bridgehead atoms. The van der Waals surface area contributed by atoms with Crippen molar-refractivity contribution in [2.24, 2.45) is 0 Å². The van der Waals surface area contributed by atoms with Gasteiger partial charge in [0.1, 0.15) is 0 Å². The molecule has 0 saturated heterocycles. The molecule has 20 heavy (non-hydrogen) atoms. The summed E-state index contributed by atoms with van der Waals surface area (Å²) in [4.78, 5) is 11.5. The number of thiophene rings is 1. The third-order valence-electron chi connectivity index (χ3n) is 3.45. The highest BCUT2D eigenvalue weighted by atomic mass is 32.1. The summed E-state index contributed by atoms with van der Waals surface area (Å²) in [5.74, 6) is 0.0970. The first-order chi connectivity index (χ1) is 9.70. The van der Waals surface area contributed by atoms with Gasteiger partial charge in [0, 0.05) is 21.0 Å². The van der Waals surface area contributed by atoms with Crippen LogP contribution in [0.3, 0.4) is 0 Å². The molecule has 0 amide bonds. The van der Waals surface area contributed by atoms with Crippen LogP contribution in [-0.2, 0) is 6.61 Å². The average Bonchev–Trinajstić information content (AvgIpc) is 2.90. The van der Waals surface area contributed by atoms with E-state index < -0.39 is 0 Å². The molecule has 1 N–H and O–H groups in total. The van der Waals surface area contributed by atoms with Crippen molar-refractivity contribution in [2.45, 2.75) is 13.5 Å². The van der Waals surface area contributed by atoms with E-state index in [2.05, 4.69) is 6.07 Å². The van der Waals surface area contributed by atoms with E-state index in [9.17, 15) is 9.90 Å². The van der Waals surface area contributed by atoms with Gasteiger partial charge in [-0.1, -0.05) is 36.4 Å². The average molecular weight is 282 g/mol. The van der Waals surface area contributed by atoms with Crippen molar-refractivity contribution >= 4 is 27.2 Å². The number of hydrogen-bond acceptors (Lipinski definition) is 3. The summed E-state index contributed by atoms with van der Waals surface area (Å²) in [6.45, 7) is 1.62. The molecular formula is C17H14O2S. The molecule has 0 spiro atoms. The maximum atomic E-state index is 11.5. The van der Waals surface area contributed by atoms with Crippen molar-refractivity contribution in [1.82, 2.24) is 0 Å². The number of hydrogen-bond donors (Lipinski definition) is 1. The largest absolute Gasteiger partial charge is 0.392 e. The predicted molar refractivity (Wildman–Crippen MR) is 83.2 cm³/mol. The minimum atomic E-state index is 0.0251. The Morgan fingerprint density at radius 1 is 1.20 bits per heavy atom. The van der Waals surface area contributed by atoms with E-state index in [1.54, 1.807) is 18.3 Å². The molecule has 0 aliphatic carbocycles. The second kappa shape index (κ2) is 5.19. The van der Waals surface area contributed by atoms with E-state index in [1.165, 1.54) is 0 Å². The molecule has 1 heterocycles. The number of carbonyl (C=O) groups excluding carboxylic acids is 1. The Morgan fingerprint density at radius 2 is 2.00 bits per heavy atom. The fourth-order valence-corrected chi connectivity index (χ4v) is 3.45. The molecule has 0 unspecified atom stereocenters. The van der Waals surface area contributed by atoms with Crippen molar-refractivity contribution in [3.8, 4) is 11.1 Å². The molecule has 3 heteroatoms. The summed E-state index contributed by atoms with van der Waals surface area (Å²) < 4.78 is 1.10. The molecule has 0 radical (unpaired) electrons. The lowest BCUT2D eigenvalue weighted by molar-refractivity contribution is 0.101. The van der Waals surface area contributed by atoms with Gasteiger partial charge < -0.3 is 5.11 Å². The summed E-state index contributed by atoms with van der Waals surface area (Å²) in [5.41, 5.74) is 3.80. The van der Waals surface area contributed by atoms with Crippen LogP contribution in [0.4, 0.5) is 0 Å². The van der Waals surface area contributed by atoms with Gasteiger partial charge >= 0.3 is 0 Å². The Labute approximate surface area is 121 Å². The van der Waals surface area contributed by atoms with Gasteiger partial charge in [0.25, 0.3) is 0 Å². The first kappa shape index (κ1) is 13.0. The van der Waals surface area contributed by atoms with E-state index in [1.807, 2.05) is 41.8 Å². The van der Waals surface area contributed by atoms with Crippen LogP contribution in [-0.4, -0.2) is 10.9 Å². The normalized spacial score (nSPS) is 10.9. The summed E-state index contributed by atoms with van der Waals surface area (Å²) in [7, 11) is 0. The zero-order chi connectivity index (χ0) is 14.1. The Kier molecular flexibility index (Phi) is 3.38. The SMILES string of the molecule is CC(=O)c1csc2cc(-c3ccccc3CO)ccc12. The molecule has 0 saturated carbocycles. The summed E-state index contributed by atoms with van der Waals surface area (Å²) in [6.07, 6.45) is 0. The van der Waals surface area contributed by atoms with Gasteiger partial charge in [0.2, 0.25) is 0 Å². The number of aliphatic hydroxyl groups is 1. The van der Waals surface area contributed by atoms with E-state index in [-0.39, 0.29) is 12.4 Å². The molecular weight excluding hydrogens is 268 g/mol. The van der Waals surface area contributed by atoms with Crippen molar-refractivity contribution < 1.29 is 9.90 Å². The third-order valence-corrected chi connectivity index (χ3v) is 4.40. The van der Waals surface area contributed by atoms with Crippen LogP contribution in [0.15, 0.2) is 47.8 Å². The van der Waals surface area contributed by atoms with Gasteiger partial charge in [0.05, 0.1) is 6.61 Å². The smallest absolute Gasteiger partial charge is 0.161 e. The number of Topliss-reactive ketones (excluding diaryl/α,β-unsaturated/α-hetero) is 1. The Bertz CT molecular complexity index is 787. The van der Waals surface area contributed by atoms with Gasteiger partial charge in [-0.2, -0.15) is 0 Å². The number of fused-ring (bicyclic) bond motifs is 1. The van der Waals surface area contributed by atoms with Crippen LogP contribution < -0.4 is 0 Å². The maximum absolute atomic E-state index is 11.5. The lowest BCUT2D eigenvalue weighted by Gasteiger charge is -2.07.